The first kappa shape index (κ1) is 15.2. The molecule has 0 amide bonds. The van der Waals surface area contributed by atoms with Crippen molar-refractivity contribution < 1.29 is 9.47 Å². The molecule has 0 saturated carbocycles. The third-order valence-electron chi connectivity index (χ3n) is 3.72. The summed E-state index contributed by atoms with van der Waals surface area (Å²) in [7, 11) is 3.50. The first-order chi connectivity index (χ1) is 9.78. The average Bonchev–Trinajstić information content (AvgIpc) is 2.88. The van der Waals surface area contributed by atoms with Gasteiger partial charge in [0.25, 0.3) is 0 Å². The fourth-order valence-electron chi connectivity index (χ4n) is 2.61. The van der Waals surface area contributed by atoms with Crippen LogP contribution in [0.3, 0.4) is 0 Å². The lowest BCUT2D eigenvalue weighted by Gasteiger charge is -2.17. The zero-order valence-corrected chi connectivity index (χ0v) is 12.6. The van der Waals surface area contributed by atoms with Crippen molar-refractivity contribution in [1.82, 2.24) is 9.88 Å². The lowest BCUT2D eigenvalue weighted by atomic mass is 10.2. The monoisotopic (exact) mass is 279 g/mol. The number of hydrogen-bond acceptors (Lipinski definition) is 5. The Morgan fingerprint density at radius 1 is 1.30 bits per heavy atom. The molecule has 2 rings (SSSR count). The first-order valence-corrected chi connectivity index (χ1v) is 7.24. The zero-order valence-electron chi connectivity index (χ0n) is 12.6. The largest absolute Gasteiger partial charge is 0.377 e. The molecule has 1 N–H and O–H groups in total. The fourth-order valence-corrected chi connectivity index (χ4v) is 2.61. The van der Waals surface area contributed by atoms with Gasteiger partial charge in [0.1, 0.15) is 5.82 Å². The predicted molar refractivity (Wildman–Crippen MR) is 79.9 cm³/mol. The first-order valence-electron chi connectivity index (χ1n) is 7.24. The second-order valence-corrected chi connectivity index (χ2v) is 5.18. The van der Waals surface area contributed by atoms with Crippen molar-refractivity contribution in [3.05, 3.63) is 23.9 Å². The summed E-state index contributed by atoms with van der Waals surface area (Å²) in [5, 5.41) is 3.39. The van der Waals surface area contributed by atoms with Gasteiger partial charge in [0.15, 0.2) is 0 Å². The maximum atomic E-state index is 5.48. The van der Waals surface area contributed by atoms with Crippen LogP contribution in [0.1, 0.15) is 18.9 Å². The summed E-state index contributed by atoms with van der Waals surface area (Å²) in [6.45, 7) is 5.78. The highest BCUT2D eigenvalue weighted by molar-refractivity contribution is 5.43. The van der Waals surface area contributed by atoms with Crippen molar-refractivity contribution in [3.8, 4) is 0 Å². The Balaban J connectivity index is 2.00. The van der Waals surface area contributed by atoms with E-state index in [9.17, 15) is 0 Å². The molecule has 0 aromatic carbocycles. The molecule has 1 aliphatic heterocycles. The molecule has 0 aliphatic carbocycles. The van der Waals surface area contributed by atoms with E-state index in [1.54, 1.807) is 14.2 Å². The summed E-state index contributed by atoms with van der Waals surface area (Å²) in [6.07, 6.45) is 3.24. The number of aromatic nitrogens is 1. The molecule has 0 spiro atoms. The molecule has 1 saturated heterocycles. The Kier molecular flexibility index (Phi) is 5.76. The van der Waals surface area contributed by atoms with E-state index in [1.165, 1.54) is 5.56 Å². The van der Waals surface area contributed by atoms with Gasteiger partial charge in [-0.1, -0.05) is 13.0 Å². The van der Waals surface area contributed by atoms with E-state index in [1.807, 2.05) is 12.3 Å². The molecular formula is C15H25N3O2. The Hall–Kier alpha value is -1.17. The molecule has 112 valence electrons. The number of nitrogens with zero attached hydrogens (tertiary/aromatic N) is 2. The van der Waals surface area contributed by atoms with Gasteiger partial charge in [-0.05, 0) is 12.5 Å². The van der Waals surface area contributed by atoms with Gasteiger partial charge in [-0.25, -0.2) is 4.98 Å². The zero-order chi connectivity index (χ0) is 14.4. The Morgan fingerprint density at radius 3 is 2.60 bits per heavy atom. The minimum absolute atomic E-state index is 0.156. The number of nitrogens with one attached hydrogen (secondary N) is 1. The van der Waals surface area contributed by atoms with Crippen molar-refractivity contribution in [2.24, 2.45) is 0 Å². The lowest BCUT2D eigenvalue weighted by Crippen LogP contribution is -2.27. The molecule has 5 nitrogen and oxygen atoms in total. The van der Waals surface area contributed by atoms with E-state index in [2.05, 4.69) is 28.2 Å². The van der Waals surface area contributed by atoms with Crippen molar-refractivity contribution in [1.29, 1.82) is 0 Å². The molecule has 5 heteroatoms. The Bertz CT molecular complexity index is 402. The normalized spacial score (nSPS) is 23.1. The van der Waals surface area contributed by atoms with Gasteiger partial charge in [0.2, 0.25) is 0 Å². The van der Waals surface area contributed by atoms with Crippen molar-refractivity contribution >= 4 is 5.82 Å². The maximum absolute atomic E-state index is 5.48. The van der Waals surface area contributed by atoms with Gasteiger partial charge in [-0.15, -0.1) is 0 Å². The molecule has 1 aliphatic rings. The van der Waals surface area contributed by atoms with Crippen LogP contribution in [-0.4, -0.2) is 55.9 Å². The Labute approximate surface area is 121 Å². The van der Waals surface area contributed by atoms with Crippen molar-refractivity contribution in [2.45, 2.75) is 32.1 Å². The molecule has 20 heavy (non-hydrogen) atoms. The van der Waals surface area contributed by atoms with E-state index in [4.69, 9.17) is 9.47 Å². The van der Waals surface area contributed by atoms with Gasteiger partial charge >= 0.3 is 0 Å². The number of ether oxygens (including phenoxy) is 2. The topological polar surface area (TPSA) is 46.6 Å². The standard InChI is InChI=1S/C15H25N3O2/c1-4-7-16-15-12(6-5-8-17-15)9-18-10-13(19-2)14(11-18)20-3/h5-6,8,13-14H,4,7,9-11H2,1-3H3,(H,16,17). The summed E-state index contributed by atoms with van der Waals surface area (Å²) in [6, 6.07) is 4.12. The van der Waals surface area contributed by atoms with Crippen LogP contribution in [0.25, 0.3) is 0 Å². The minimum atomic E-state index is 0.156. The molecule has 1 aromatic rings. The average molecular weight is 279 g/mol. The maximum Gasteiger partial charge on any atom is 0.130 e. The highest BCUT2D eigenvalue weighted by Gasteiger charge is 2.33. The van der Waals surface area contributed by atoms with Gasteiger partial charge in [0, 0.05) is 52.2 Å². The van der Waals surface area contributed by atoms with E-state index >= 15 is 0 Å². The molecule has 1 fully saturated rings. The highest BCUT2D eigenvalue weighted by Crippen LogP contribution is 2.21. The highest BCUT2D eigenvalue weighted by atomic mass is 16.5. The number of likely N-dealkylation sites (tertiary alicyclic amines) is 1. The molecule has 1 aromatic heterocycles. The molecular weight excluding hydrogens is 254 g/mol. The van der Waals surface area contributed by atoms with Crippen LogP contribution >= 0.6 is 0 Å². The summed E-state index contributed by atoms with van der Waals surface area (Å²) in [4.78, 5) is 6.79. The van der Waals surface area contributed by atoms with Gasteiger partial charge < -0.3 is 14.8 Å². The predicted octanol–water partition coefficient (Wildman–Crippen LogP) is 1.75. The lowest BCUT2D eigenvalue weighted by molar-refractivity contribution is -0.00461. The quantitative estimate of drug-likeness (QED) is 0.824. The number of methoxy groups -OCH3 is 2. The van der Waals surface area contributed by atoms with Crippen molar-refractivity contribution in [3.63, 3.8) is 0 Å². The van der Waals surface area contributed by atoms with Crippen LogP contribution < -0.4 is 5.32 Å². The second-order valence-electron chi connectivity index (χ2n) is 5.18. The summed E-state index contributed by atoms with van der Waals surface area (Å²) in [5.74, 6) is 0.990. The summed E-state index contributed by atoms with van der Waals surface area (Å²) < 4.78 is 11.0. The summed E-state index contributed by atoms with van der Waals surface area (Å²) >= 11 is 0. The number of anilines is 1. The van der Waals surface area contributed by atoms with E-state index in [-0.39, 0.29) is 12.2 Å². The number of rotatable bonds is 7. The van der Waals surface area contributed by atoms with E-state index < -0.39 is 0 Å². The molecule has 2 unspecified atom stereocenters. The second kappa shape index (κ2) is 7.57. The third-order valence-corrected chi connectivity index (χ3v) is 3.72. The van der Waals surface area contributed by atoms with Gasteiger partial charge in [-0.3, -0.25) is 4.90 Å². The van der Waals surface area contributed by atoms with E-state index in [0.717, 1.165) is 38.4 Å². The van der Waals surface area contributed by atoms with Crippen LogP contribution in [0.4, 0.5) is 5.82 Å². The minimum Gasteiger partial charge on any atom is -0.377 e. The molecule has 2 atom stereocenters. The van der Waals surface area contributed by atoms with Crippen LogP contribution in [0.15, 0.2) is 18.3 Å². The smallest absolute Gasteiger partial charge is 0.130 e. The van der Waals surface area contributed by atoms with Gasteiger partial charge in [0.05, 0.1) is 12.2 Å². The van der Waals surface area contributed by atoms with Crippen molar-refractivity contribution in [2.75, 3.05) is 39.2 Å². The molecule has 2 heterocycles. The van der Waals surface area contributed by atoms with E-state index in [0.29, 0.717) is 0 Å². The van der Waals surface area contributed by atoms with Gasteiger partial charge in [-0.2, -0.15) is 0 Å². The third kappa shape index (κ3) is 3.69. The van der Waals surface area contributed by atoms with Crippen LogP contribution in [0, 0.1) is 0 Å². The fraction of sp³-hybridized carbons (Fsp3) is 0.667. The SMILES string of the molecule is CCCNc1ncccc1CN1CC(OC)C(OC)C1. The number of hydrogen-bond donors (Lipinski definition) is 1. The summed E-state index contributed by atoms with van der Waals surface area (Å²) in [5.41, 5.74) is 1.23. The molecule has 0 radical (unpaired) electrons. The molecule has 0 bridgehead atoms. The van der Waals surface area contributed by atoms with Crippen LogP contribution in [-0.2, 0) is 16.0 Å². The Morgan fingerprint density at radius 2 is 2.00 bits per heavy atom. The van der Waals surface area contributed by atoms with Crippen LogP contribution in [0.5, 0.6) is 0 Å². The van der Waals surface area contributed by atoms with Crippen LogP contribution in [0.2, 0.25) is 0 Å². The number of pyridine rings is 1.